The summed E-state index contributed by atoms with van der Waals surface area (Å²) in [5.41, 5.74) is 0.339. The van der Waals surface area contributed by atoms with Crippen molar-refractivity contribution in [1.82, 2.24) is 19.1 Å². The van der Waals surface area contributed by atoms with Crippen LogP contribution in [-0.4, -0.2) is 46.4 Å². The van der Waals surface area contributed by atoms with Crippen molar-refractivity contribution in [3.63, 3.8) is 0 Å². The number of benzene rings is 2. The summed E-state index contributed by atoms with van der Waals surface area (Å²) in [6.45, 7) is -0.324. The zero-order valence-corrected chi connectivity index (χ0v) is 22.2. The minimum Gasteiger partial charge on any atom is -0.291 e. The zero-order valence-electron chi connectivity index (χ0n) is 21.3. The highest BCUT2D eigenvalue weighted by molar-refractivity contribution is 7.89. The SMILES string of the molecule is O=C(c1ccccn1)[C@@]12Cc3cnn(-c4ccc(F)cc4)c3C=C1CCN(S(=O)(=O)c1cccc(C(F)(F)F)c1)C2. The van der Waals surface area contributed by atoms with Gasteiger partial charge >= 0.3 is 6.18 Å². The number of Topliss-reactive ketones (excluding diaryl/α,β-unsaturated/α-hetero) is 1. The minimum atomic E-state index is -4.72. The molecule has 4 aromatic rings. The molecule has 0 saturated carbocycles. The van der Waals surface area contributed by atoms with E-state index in [-0.39, 0.29) is 31.6 Å². The Balaban J connectivity index is 1.44. The summed E-state index contributed by atoms with van der Waals surface area (Å²) in [5.74, 6) is -0.795. The first-order chi connectivity index (χ1) is 19.5. The van der Waals surface area contributed by atoms with Gasteiger partial charge < -0.3 is 0 Å². The molecule has 12 heteroatoms. The Morgan fingerprint density at radius 3 is 2.49 bits per heavy atom. The predicted molar refractivity (Wildman–Crippen MR) is 141 cm³/mol. The summed E-state index contributed by atoms with van der Waals surface area (Å²) in [7, 11) is -4.39. The Hall–Kier alpha value is -4.16. The van der Waals surface area contributed by atoms with E-state index in [4.69, 9.17) is 0 Å². The van der Waals surface area contributed by atoms with Gasteiger partial charge in [-0.3, -0.25) is 9.78 Å². The highest BCUT2D eigenvalue weighted by atomic mass is 32.2. The second-order valence-corrected chi connectivity index (χ2v) is 12.0. The lowest BCUT2D eigenvalue weighted by molar-refractivity contribution is -0.137. The van der Waals surface area contributed by atoms with Crippen LogP contribution < -0.4 is 0 Å². The number of alkyl halides is 3. The van der Waals surface area contributed by atoms with Crippen molar-refractivity contribution in [2.75, 3.05) is 13.1 Å². The van der Waals surface area contributed by atoms with Crippen molar-refractivity contribution in [3.8, 4) is 5.69 Å². The van der Waals surface area contributed by atoms with Crippen LogP contribution in [0.5, 0.6) is 0 Å². The van der Waals surface area contributed by atoms with Crippen LogP contribution in [-0.2, 0) is 22.6 Å². The lowest BCUT2D eigenvalue weighted by Crippen LogP contribution is -2.53. The van der Waals surface area contributed by atoms with Crippen molar-refractivity contribution in [1.29, 1.82) is 0 Å². The number of sulfonamides is 1. The van der Waals surface area contributed by atoms with Crippen LogP contribution in [0.1, 0.15) is 33.7 Å². The quantitative estimate of drug-likeness (QED) is 0.235. The molecule has 0 amide bonds. The van der Waals surface area contributed by atoms with Gasteiger partial charge in [-0.1, -0.05) is 17.7 Å². The van der Waals surface area contributed by atoms with E-state index in [2.05, 4.69) is 10.1 Å². The third-order valence-electron chi connectivity index (χ3n) is 7.58. The number of nitrogens with zero attached hydrogens (tertiary/aromatic N) is 4. The largest absolute Gasteiger partial charge is 0.416 e. The molecular formula is C29H22F4N4O3S. The molecule has 3 heterocycles. The Kier molecular flexibility index (Phi) is 6.42. The number of pyridine rings is 1. The fourth-order valence-electron chi connectivity index (χ4n) is 5.53. The maximum atomic E-state index is 14.1. The minimum absolute atomic E-state index is 0.0400. The summed E-state index contributed by atoms with van der Waals surface area (Å²) in [5, 5.41) is 4.45. The topological polar surface area (TPSA) is 85.2 Å². The Labute approximate surface area is 232 Å². The lowest BCUT2D eigenvalue weighted by Gasteiger charge is -2.44. The number of hydrogen-bond donors (Lipinski definition) is 0. The average molecular weight is 583 g/mol. The molecule has 1 aliphatic heterocycles. The van der Waals surface area contributed by atoms with Gasteiger partial charge in [-0.25, -0.2) is 17.5 Å². The Bertz CT molecular complexity index is 1780. The number of halogens is 4. The van der Waals surface area contributed by atoms with E-state index < -0.39 is 43.7 Å². The molecule has 1 fully saturated rings. The average Bonchev–Trinajstić information content (AvgIpc) is 3.38. The van der Waals surface area contributed by atoms with Crippen LogP contribution in [0, 0.1) is 11.2 Å². The van der Waals surface area contributed by atoms with Crippen molar-refractivity contribution in [3.05, 3.63) is 113 Å². The van der Waals surface area contributed by atoms with Crippen LogP contribution in [0.2, 0.25) is 0 Å². The number of rotatable bonds is 5. The maximum Gasteiger partial charge on any atom is 0.416 e. The molecule has 0 radical (unpaired) electrons. The van der Waals surface area contributed by atoms with E-state index in [0.29, 0.717) is 28.6 Å². The Morgan fingerprint density at radius 2 is 1.78 bits per heavy atom. The molecule has 0 bridgehead atoms. The molecule has 0 spiro atoms. The summed E-state index contributed by atoms with van der Waals surface area (Å²) < 4.78 is 83.7. The van der Waals surface area contributed by atoms with Gasteiger partial charge in [0.05, 0.1) is 33.5 Å². The Morgan fingerprint density at radius 1 is 1.00 bits per heavy atom. The van der Waals surface area contributed by atoms with Gasteiger partial charge in [0.1, 0.15) is 11.5 Å². The fourth-order valence-corrected chi connectivity index (χ4v) is 7.08. The van der Waals surface area contributed by atoms with Crippen molar-refractivity contribution in [2.45, 2.75) is 23.9 Å². The van der Waals surface area contributed by atoms with Crippen LogP contribution in [0.3, 0.4) is 0 Å². The highest BCUT2D eigenvalue weighted by Crippen LogP contribution is 2.47. The third kappa shape index (κ3) is 4.66. The fraction of sp³-hybridized carbons (Fsp3) is 0.207. The van der Waals surface area contributed by atoms with Crippen molar-refractivity contribution in [2.24, 2.45) is 5.41 Å². The molecule has 1 aliphatic carbocycles. The van der Waals surface area contributed by atoms with E-state index >= 15 is 0 Å². The molecule has 0 unspecified atom stereocenters. The van der Waals surface area contributed by atoms with Gasteiger partial charge in [0.2, 0.25) is 10.0 Å². The number of aromatic nitrogens is 3. The molecule has 0 N–H and O–H groups in total. The van der Waals surface area contributed by atoms with Gasteiger partial charge in [-0.2, -0.15) is 22.6 Å². The number of hydrogen-bond acceptors (Lipinski definition) is 5. The lowest BCUT2D eigenvalue weighted by atomic mass is 9.65. The summed E-state index contributed by atoms with van der Waals surface area (Å²) in [6, 6.07) is 14.2. The van der Waals surface area contributed by atoms with Crippen LogP contribution in [0.4, 0.5) is 17.6 Å². The number of carbonyl (C=O) groups excluding carboxylic acids is 1. The van der Waals surface area contributed by atoms with Gasteiger partial charge in [0.25, 0.3) is 0 Å². The summed E-state index contributed by atoms with van der Waals surface area (Å²) in [4.78, 5) is 17.8. The van der Waals surface area contributed by atoms with E-state index in [1.54, 1.807) is 41.2 Å². The van der Waals surface area contributed by atoms with E-state index in [9.17, 15) is 30.8 Å². The smallest absolute Gasteiger partial charge is 0.291 e. The molecule has 210 valence electrons. The van der Waals surface area contributed by atoms with Crippen LogP contribution in [0.25, 0.3) is 11.8 Å². The maximum absolute atomic E-state index is 14.1. The molecular weight excluding hydrogens is 560 g/mol. The second kappa shape index (κ2) is 9.74. The van der Waals surface area contributed by atoms with Gasteiger partial charge in [0, 0.05) is 19.3 Å². The van der Waals surface area contributed by atoms with Crippen molar-refractivity contribution >= 4 is 21.9 Å². The molecule has 1 atom stereocenters. The number of carbonyl (C=O) groups is 1. The molecule has 2 aromatic heterocycles. The molecule has 41 heavy (non-hydrogen) atoms. The van der Waals surface area contributed by atoms with E-state index in [1.165, 1.54) is 18.3 Å². The van der Waals surface area contributed by atoms with E-state index in [1.807, 2.05) is 6.08 Å². The zero-order chi connectivity index (χ0) is 29.0. The molecule has 6 rings (SSSR count). The third-order valence-corrected chi connectivity index (χ3v) is 9.42. The van der Waals surface area contributed by atoms with E-state index in [0.717, 1.165) is 22.5 Å². The van der Waals surface area contributed by atoms with Crippen LogP contribution in [0.15, 0.2) is 89.6 Å². The first kappa shape index (κ1) is 27.0. The van der Waals surface area contributed by atoms with Gasteiger partial charge in [-0.15, -0.1) is 0 Å². The van der Waals surface area contributed by atoms with Gasteiger partial charge in [-0.05, 0) is 79.1 Å². The van der Waals surface area contributed by atoms with Gasteiger partial charge in [0.15, 0.2) is 5.78 Å². The van der Waals surface area contributed by atoms with Crippen molar-refractivity contribution < 1.29 is 30.8 Å². The number of ketones is 1. The highest BCUT2D eigenvalue weighted by Gasteiger charge is 2.51. The number of fused-ring (bicyclic) bond motifs is 2. The summed E-state index contributed by atoms with van der Waals surface area (Å²) in [6.07, 6.45) is 0.395. The first-order valence-electron chi connectivity index (χ1n) is 12.7. The number of piperidine rings is 1. The predicted octanol–water partition coefficient (Wildman–Crippen LogP) is 5.33. The normalized spacial score (nSPS) is 19.3. The molecule has 1 saturated heterocycles. The monoisotopic (exact) mass is 582 g/mol. The van der Waals surface area contributed by atoms with Crippen LogP contribution >= 0.6 is 0 Å². The molecule has 2 aromatic carbocycles. The molecule has 7 nitrogen and oxygen atoms in total. The molecule has 2 aliphatic rings. The summed E-state index contributed by atoms with van der Waals surface area (Å²) >= 11 is 0. The standard InChI is InChI=1S/C29H22F4N4O3S/c30-22-7-9-23(10-8-22)37-26-15-20-11-13-36(41(39,40)24-5-3-4-21(14-24)29(31,32)33)18-28(20,16-19(26)17-35-37)27(38)25-6-1-2-12-34-25/h1-10,12,14-15,17H,11,13,16,18H2/t28-/m1/s1. The first-order valence-corrected chi connectivity index (χ1v) is 14.1. The second-order valence-electron chi connectivity index (χ2n) is 10.0.